The van der Waals surface area contributed by atoms with Gasteiger partial charge in [-0.25, -0.2) is 0 Å². The molecule has 3 aromatic carbocycles. The summed E-state index contributed by atoms with van der Waals surface area (Å²) in [6, 6.07) is 17.2. The number of rotatable bonds is 8. The number of carbonyl (C=O) groups is 1. The van der Waals surface area contributed by atoms with E-state index in [4.69, 9.17) is 13.7 Å². The van der Waals surface area contributed by atoms with E-state index in [1.165, 1.54) is 12.1 Å². The second kappa shape index (κ2) is 15.0. The van der Waals surface area contributed by atoms with E-state index in [2.05, 4.69) is 21.2 Å². The van der Waals surface area contributed by atoms with Crippen molar-refractivity contribution in [2.75, 3.05) is 57.5 Å². The Balaban J connectivity index is 0.000000930. The number of carbonyl (C=O) groups excluding carboxylic acids is 1. The lowest BCUT2D eigenvalue weighted by Gasteiger charge is -2.36. The van der Waals surface area contributed by atoms with Crippen LogP contribution in [0, 0.1) is 6.92 Å². The van der Waals surface area contributed by atoms with Gasteiger partial charge in [0.1, 0.15) is 11.5 Å². The summed E-state index contributed by atoms with van der Waals surface area (Å²) in [6.07, 6.45) is -3.02. The summed E-state index contributed by atoms with van der Waals surface area (Å²) in [5, 5.41) is 3.16. The van der Waals surface area contributed by atoms with E-state index in [0.29, 0.717) is 18.4 Å². The summed E-state index contributed by atoms with van der Waals surface area (Å²) in [4.78, 5) is 30.9. The monoisotopic (exact) mass is 675 g/mol. The predicted molar refractivity (Wildman–Crippen MR) is 174 cm³/mol. The molecule has 1 aliphatic heterocycles. The Hall–Kier alpha value is -4.40. The molecule has 4 aromatic rings. The highest BCUT2D eigenvalue weighted by Gasteiger charge is 2.30. The molecule has 0 spiro atoms. The fraction of sp³-hybridized carbons (Fsp3) is 0.333. The second-order valence-corrected chi connectivity index (χ2v) is 12.5. The molecule has 0 atom stereocenters. The van der Waals surface area contributed by atoms with Gasteiger partial charge in [-0.2, -0.15) is 21.6 Å². The van der Waals surface area contributed by atoms with Crippen LogP contribution in [0.1, 0.15) is 27.9 Å². The molecule has 0 aliphatic carbocycles. The first-order valence-electron chi connectivity index (χ1n) is 14.7. The Morgan fingerprint density at radius 1 is 1.00 bits per heavy atom. The average molecular weight is 676 g/mol. The Bertz CT molecular complexity index is 1860. The number of hydrogen-bond donors (Lipinski definition) is 2. The van der Waals surface area contributed by atoms with Crippen molar-refractivity contribution < 1.29 is 40.1 Å². The lowest BCUT2D eigenvalue weighted by atomic mass is 10.0. The molecule has 1 fully saturated rings. The highest BCUT2D eigenvalue weighted by Crippen LogP contribution is 2.33. The van der Waals surface area contributed by atoms with Crippen LogP contribution in [0.3, 0.4) is 0 Å². The van der Waals surface area contributed by atoms with Gasteiger partial charge in [0.15, 0.2) is 11.0 Å². The zero-order valence-corrected chi connectivity index (χ0v) is 27.0. The van der Waals surface area contributed by atoms with Crippen LogP contribution in [0.15, 0.2) is 75.9 Å². The minimum atomic E-state index is -4.48. The molecule has 1 aromatic heterocycles. The SMILES string of the molecule is COc1ccccc1N1CCN(CCCNC(=O)c2cccc3c(=O)c(C)c(-c4ccc(C(F)(F)F)cc4)oc23)CC1.CS(=O)(=O)O. The zero-order valence-electron chi connectivity index (χ0n) is 26.1. The van der Waals surface area contributed by atoms with Crippen LogP contribution < -0.4 is 20.4 Å². The molecule has 5 rings (SSSR count). The van der Waals surface area contributed by atoms with E-state index >= 15 is 0 Å². The number of methoxy groups -OCH3 is 1. The molecular formula is C33H36F3N3O7S. The number of nitrogens with zero attached hydrogens (tertiary/aromatic N) is 2. The van der Waals surface area contributed by atoms with Crippen molar-refractivity contribution in [3.8, 4) is 17.1 Å². The largest absolute Gasteiger partial charge is 0.495 e. The van der Waals surface area contributed by atoms with Gasteiger partial charge in [0, 0.05) is 43.9 Å². The lowest BCUT2D eigenvalue weighted by Crippen LogP contribution is -2.47. The molecule has 0 saturated carbocycles. The Kier molecular flexibility index (Phi) is 11.3. The van der Waals surface area contributed by atoms with Crippen LogP contribution in [-0.2, 0) is 16.3 Å². The number of alkyl halides is 3. The van der Waals surface area contributed by atoms with E-state index in [-0.39, 0.29) is 39.2 Å². The predicted octanol–water partition coefficient (Wildman–Crippen LogP) is 5.24. The van der Waals surface area contributed by atoms with Crippen LogP contribution in [-0.4, -0.2) is 76.4 Å². The van der Waals surface area contributed by atoms with Crippen molar-refractivity contribution >= 4 is 32.7 Å². The molecule has 1 saturated heterocycles. The molecule has 0 bridgehead atoms. The standard InChI is InChI=1S/C32H32F3N3O4.CH4O3S/c1-21-28(39)24-7-5-8-25(30(24)42-29(21)22-11-13-23(14-12-22)32(33,34)35)31(40)36-15-6-16-37-17-19-38(20-18-37)26-9-3-4-10-27(26)41-2;1-5(2,3)4/h3-5,7-14H,6,15-20H2,1-2H3,(H,36,40);1H3,(H,2,3,4). The molecule has 14 heteroatoms. The van der Waals surface area contributed by atoms with Crippen LogP contribution >= 0.6 is 0 Å². The summed E-state index contributed by atoms with van der Waals surface area (Å²) in [5.41, 5.74) is 0.825. The summed E-state index contributed by atoms with van der Waals surface area (Å²) in [6.45, 7) is 6.36. The number of ether oxygens (including phenoxy) is 1. The Labute approximate surface area is 270 Å². The van der Waals surface area contributed by atoms with Crippen LogP contribution in [0.5, 0.6) is 5.75 Å². The van der Waals surface area contributed by atoms with E-state index in [0.717, 1.165) is 62.7 Å². The molecule has 10 nitrogen and oxygen atoms in total. The maximum Gasteiger partial charge on any atom is 0.416 e. The van der Waals surface area contributed by atoms with Gasteiger partial charge in [-0.3, -0.25) is 19.0 Å². The number of amides is 1. The van der Waals surface area contributed by atoms with E-state index < -0.39 is 21.9 Å². The van der Waals surface area contributed by atoms with E-state index in [1.807, 2.05) is 18.2 Å². The third kappa shape index (κ3) is 9.33. The molecule has 2 N–H and O–H groups in total. The molecule has 47 heavy (non-hydrogen) atoms. The van der Waals surface area contributed by atoms with Crippen molar-refractivity contribution in [3.63, 3.8) is 0 Å². The first-order chi connectivity index (χ1) is 22.2. The second-order valence-electron chi connectivity index (χ2n) is 11.0. The summed E-state index contributed by atoms with van der Waals surface area (Å²) >= 11 is 0. The number of piperazine rings is 1. The van der Waals surface area contributed by atoms with Gasteiger partial charge >= 0.3 is 6.18 Å². The molecule has 0 unspecified atom stereocenters. The summed E-state index contributed by atoms with van der Waals surface area (Å²) < 4.78 is 76.5. The first-order valence-corrected chi connectivity index (χ1v) is 16.6. The third-order valence-electron chi connectivity index (χ3n) is 7.60. The topological polar surface area (TPSA) is 129 Å². The number of benzene rings is 3. The Morgan fingerprint density at radius 2 is 1.64 bits per heavy atom. The summed E-state index contributed by atoms with van der Waals surface area (Å²) in [5.74, 6) is 0.611. The fourth-order valence-corrected chi connectivity index (χ4v) is 5.28. The number of para-hydroxylation sites is 3. The molecular weight excluding hydrogens is 639 g/mol. The van der Waals surface area contributed by atoms with Gasteiger partial charge in [0.25, 0.3) is 16.0 Å². The number of nitrogens with one attached hydrogen (secondary N) is 1. The molecule has 1 aliphatic rings. The van der Waals surface area contributed by atoms with Crippen molar-refractivity contribution in [1.29, 1.82) is 0 Å². The minimum Gasteiger partial charge on any atom is -0.495 e. The van der Waals surface area contributed by atoms with Gasteiger partial charge in [0.05, 0.1) is 35.6 Å². The van der Waals surface area contributed by atoms with Crippen molar-refractivity contribution in [1.82, 2.24) is 10.2 Å². The van der Waals surface area contributed by atoms with Crippen LogP contribution in [0.25, 0.3) is 22.3 Å². The highest BCUT2D eigenvalue weighted by molar-refractivity contribution is 7.85. The quantitative estimate of drug-likeness (QED) is 0.190. The molecule has 2 heterocycles. The number of halogens is 3. The maximum atomic E-state index is 13.1. The van der Waals surface area contributed by atoms with Crippen molar-refractivity contribution in [2.45, 2.75) is 19.5 Å². The molecule has 252 valence electrons. The number of anilines is 1. The minimum absolute atomic E-state index is 0.105. The normalized spacial score (nSPS) is 14.0. The molecule has 0 radical (unpaired) electrons. The van der Waals surface area contributed by atoms with Crippen LogP contribution in [0.2, 0.25) is 0 Å². The Morgan fingerprint density at radius 3 is 2.26 bits per heavy atom. The smallest absolute Gasteiger partial charge is 0.416 e. The van der Waals surface area contributed by atoms with Gasteiger partial charge in [-0.05, 0) is 56.3 Å². The number of hydrogen-bond acceptors (Lipinski definition) is 8. The molecule has 1 amide bonds. The van der Waals surface area contributed by atoms with E-state index in [9.17, 15) is 31.2 Å². The van der Waals surface area contributed by atoms with Gasteiger partial charge in [-0.1, -0.05) is 30.3 Å². The zero-order chi connectivity index (χ0) is 34.4. The van der Waals surface area contributed by atoms with Crippen LogP contribution in [0.4, 0.5) is 18.9 Å². The van der Waals surface area contributed by atoms with E-state index in [1.54, 1.807) is 32.2 Å². The van der Waals surface area contributed by atoms with Gasteiger partial charge in [-0.15, -0.1) is 0 Å². The van der Waals surface area contributed by atoms with Crippen molar-refractivity contribution in [3.05, 3.63) is 93.6 Å². The fourth-order valence-electron chi connectivity index (χ4n) is 5.28. The summed E-state index contributed by atoms with van der Waals surface area (Å²) in [7, 11) is -1.99. The number of fused-ring (bicyclic) bond motifs is 1. The average Bonchev–Trinajstić information content (AvgIpc) is 3.03. The van der Waals surface area contributed by atoms with Crippen molar-refractivity contribution in [2.24, 2.45) is 0 Å². The van der Waals surface area contributed by atoms with Gasteiger partial charge in [0.2, 0.25) is 0 Å². The maximum absolute atomic E-state index is 13.1. The third-order valence-corrected chi connectivity index (χ3v) is 7.60. The van der Waals surface area contributed by atoms with Gasteiger partial charge < -0.3 is 19.4 Å². The first kappa shape index (κ1) is 35.5. The lowest BCUT2D eigenvalue weighted by molar-refractivity contribution is -0.137. The highest BCUT2D eigenvalue weighted by atomic mass is 32.2.